The SMILES string of the molecule is CN(CCc1nccs1)C(=O)NC1CCCCC1. The lowest BCUT2D eigenvalue weighted by Crippen LogP contribution is -2.44. The fourth-order valence-corrected chi connectivity index (χ4v) is 2.88. The summed E-state index contributed by atoms with van der Waals surface area (Å²) in [6.45, 7) is 0.728. The van der Waals surface area contributed by atoms with Crippen LogP contribution in [-0.4, -0.2) is 35.5 Å². The van der Waals surface area contributed by atoms with E-state index in [0.717, 1.165) is 30.8 Å². The van der Waals surface area contributed by atoms with Crippen LogP contribution in [-0.2, 0) is 6.42 Å². The van der Waals surface area contributed by atoms with Crippen LogP contribution in [0.15, 0.2) is 11.6 Å². The highest BCUT2D eigenvalue weighted by atomic mass is 32.1. The summed E-state index contributed by atoms with van der Waals surface area (Å²) >= 11 is 1.64. The van der Waals surface area contributed by atoms with Crippen molar-refractivity contribution in [1.82, 2.24) is 15.2 Å². The quantitative estimate of drug-likeness (QED) is 0.911. The van der Waals surface area contributed by atoms with Crippen molar-refractivity contribution in [2.24, 2.45) is 0 Å². The average molecular weight is 267 g/mol. The summed E-state index contributed by atoms with van der Waals surface area (Å²) in [4.78, 5) is 18.0. The maximum absolute atomic E-state index is 12.0. The van der Waals surface area contributed by atoms with Gasteiger partial charge in [-0.25, -0.2) is 9.78 Å². The van der Waals surface area contributed by atoms with Gasteiger partial charge in [-0.2, -0.15) is 0 Å². The van der Waals surface area contributed by atoms with Gasteiger partial charge in [-0.15, -0.1) is 11.3 Å². The molecule has 4 nitrogen and oxygen atoms in total. The lowest BCUT2D eigenvalue weighted by molar-refractivity contribution is 0.201. The molecule has 1 heterocycles. The molecule has 0 aliphatic heterocycles. The Labute approximate surface area is 112 Å². The Kier molecular flexibility index (Phi) is 4.99. The molecule has 0 bridgehead atoms. The van der Waals surface area contributed by atoms with E-state index in [1.165, 1.54) is 19.3 Å². The van der Waals surface area contributed by atoms with Crippen LogP contribution in [0, 0.1) is 0 Å². The van der Waals surface area contributed by atoms with Gasteiger partial charge in [0.1, 0.15) is 0 Å². The Bertz CT molecular complexity index is 360. The molecular weight excluding hydrogens is 246 g/mol. The second-order valence-corrected chi connectivity index (χ2v) is 5.86. The lowest BCUT2D eigenvalue weighted by Gasteiger charge is -2.26. The molecule has 0 aromatic carbocycles. The van der Waals surface area contributed by atoms with Crippen LogP contribution in [0.4, 0.5) is 4.79 Å². The Morgan fingerprint density at radius 2 is 2.28 bits per heavy atom. The standard InChI is InChI=1S/C13H21N3OS/c1-16(9-7-12-14-8-10-18-12)13(17)15-11-5-3-2-4-6-11/h8,10-11H,2-7,9H2,1H3,(H,15,17). The number of rotatable bonds is 4. The van der Waals surface area contributed by atoms with E-state index >= 15 is 0 Å². The van der Waals surface area contributed by atoms with E-state index in [9.17, 15) is 4.79 Å². The number of nitrogens with one attached hydrogen (secondary N) is 1. The molecule has 1 saturated carbocycles. The first kappa shape index (κ1) is 13.3. The van der Waals surface area contributed by atoms with E-state index in [-0.39, 0.29) is 6.03 Å². The fourth-order valence-electron chi connectivity index (χ4n) is 2.27. The molecule has 1 N–H and O–H groups in total. The summed E-state index contributed by atoms with van der Waals surface area (Å²) in [6.07, 6.45) is 8.71. The van der Waals surface area contributed by atoms with Crippen LogP contribution in [0.25, 0.3) is 0 Å². The number of carbonyl (C=O) groups is 1. The molecule has 0 spiro atoms. The van der Waals surface area contributed by atoms with Crippen LogP contribution in [0.3, 0.4) is 0 Å². The number of aromatic nitrogens is 1. The van der Waals surface area contributed by atoms with E-state index < -0.39 is 0 Å². The summed E-state index contributed by atoms with van der Waals surface area (Å²) in [5, 5.41) is 6.18. The van der Waals surface area contributed by atoms with Gasteiger partial charge >= 0.3 is 6.03 Å². The molecule has 5 heteroatoms. The van der Waals surface area contributed by atoms with Gasteiger partial charge < -0.3 is 10.2 Å². The second-order valence-electron chi connectivity index (χ2n) is 4.88. The van der Waals surface area contributed by atoms with Crippen LogP contribution in [0.5, 0.6) is 0 Å². The normalized spacial score (nSPS) is 16.5. The van der Waals surface area contributed by atoms with Crippen molar-refractivity contribution in [3.63, 3.8) is 0 Å². The van der Waals surface area contributed by atoms with Crippen molar-refractivity contribution >= 4 is 17.4 Å². The third-order valence-corrected chi connectivity index (χ3v) is 4.26. The van der Waals surface area contributed by atoms with E-state index in [0.29, 0.717) is 6.04 Å². The van der Waals surface area contributed by atoms with Gasteiger partial charge in [0.05, 0.1) is 5.01 Å². The zero-order valence-electron chi connectivity index (χ0n) is 10.9. The van der Waals surface area contributed by atoms with Gasteiger partial charge in [-0.3, -0.25) is 0 Å². The second kappa shape index (κ2) is 6.73. The molecule has 0 unspecified atom stereocenters. The number of hydrogen-bond donors (Lipinski definition) is 1. The van der Waals surface area contributed by atoms with Crippen LogP contribution in [0.2, 0.25) is 0 Å². The van der Waals surface area contributed by atoms with Crippen molar-refractivity contribution < 1.29 is 4.79 Å². The number of nitrogens with zero attached hydrogens (tertiary/aromatic N) is 2. The summed E-state index contributed by atoms with van der Waals surface area (Å²) in [7, 11) is 1.85. The summed E-state index contributed by atoms with van der Waals surface area (Å²) in [6, 6.07) is 0.437. The highest BCUT2D eigenvalue weighted by Crippen LogP contribution is 2.17. The van der Waals surface area contributed by atoms with Crippen molar-refractivity contribution in [3.05, 3.63) is 16.6 Å². The molecule has 1 aromatic heterocycles. The first-order valence-electron chi connectivity index (χ1n) is 6.65. The topological polar surface area (TPSA) is 45.2 Å². The van der Waals surface area contributed by atoms with Gasteiger partial charge in [0.15, 0.2) is 0 Å². The lowest BCUT2D eigenvalue weighted by atomic mass is 9.96. The van der Waals surface area contributed by atoms with Crippen molar-refractivity contribution in [2.45, 2.75) is 44.6 Å². The molecule has 0 saturated heterocycles. The molecule has 0 radical (unpaired) electrons. The largest absolute Gasteiger partial charge is 0.335 e. The minimum absolute atomic E-state index is 0.0541. The molecule has 1 fully saturated rings. The highest BCUT2D eigenvalue weighted by molar-refractivity contribution is 7.09. The van der Waals surface area contributed by atoms with Gasteiger partial charge in [0.25, 0.3) is 0 Å². The predicted molar refractivity (Wildman–Crippen MR) is 73.9 cm³/mol. The Balaban J connectivity index is 1.70. The number of likely N-dealkylation sites (N-methyl/N-ethyl adjacent to an activating group) is 1. The molecule has 0 atom stereocenters. The highest BCUT2D eigenvalue weighted by Gasteiger charge is 2.17. The van der Waals surface area contributed by atoms with Gasteiger partial charge in [0, 0.05) is 37.6 Å². The first-order chi connectivity index (χ1) is 8.75. The van der Waals surface area contributed by atoms with E-state index in [4.69, 9.17) is 0 Å². The Morgan fingerprint density at radius 1 is 1.50 bits per heavy atom. The Hall–Kier alpha value is -1.10. The van der Waals surface area contributed by atoms with Gasteiger partial charge in [-0.1, -0.05) is 19.3 Å². The van der Waals surface area contributed by atoms with Crippen molar-refractivity contribution in [1.29, 1.82) is 0 Å². The minimum Gasteiger partial charge on any atom is -0.335 e. The summed E-state index contributed by atoms with van der Waals surface area (Å²) in [5.41, 5.74) is 0. The smallest absolute Gasteiger partial charge is 0.317 e. The number of amides is 2. The number of carbonyl (C=O) groups excluding carboxylic acids is 1. The zero-order valence-corrected chi connectivity index (χ0v) is 11.7. The van der Waals surface area contributed by atoms with E-state index in [1.807, 2.05) is 18.6 Å². The van der Waals surface area contributed by atoms with Crippen molar-refractivity contribution in [2.75, 3.05) is 13.6 Å². The summed E-state index contributed by atoms with van der Waals surface area (Å²) in [5.74, 6) is 0. The van der Waals surface area contributed by atoms with Gasteiger partial charge in [0.2, 0.25) is 0 Å². The Morgan fingerprint density at radius 3 is 2.94 bits per heavy atom. The number of hydrogen-bond acceptors (Lipinski definition) is 3. The molecule has 1 aliphatic rings. The fraction of sp³-hybridized carbons (Fsp3) is 0.692. The van der Waals surface area contributed by atoms with Gasteiger partial charge in [-0.05, 0) is 12.8 Å². The predicted octanol–water partition coefficient (Wildman–Crippen LogP) is 2.66. The minimum atomic E-state index is 0.0541. The molecule has 18 heavy (non-hydrogen) atoms. The third-order valence-electron chi connectivity index (χ3n) is 3.42. The molecule has 1 aromatic rings. The summed E-state index contributed by atoms with van der Waals surface area (Å²) < 4.78 is 0. The number of urea groups is 1. The molecular formula is C13H21N3OS. The van der Waals surface area contributed by atoms with Crippen molar-refractivity contribution in [3.8, 4) is 0 Å². The van der Waals surface area contributed by atoms with Crippen LogP contribution >= 0.6 is 11.3 Å². The first-order valence-corrected chi connectivity index (χ1v) is 7.53. The molecule has 100 valence electrons. The van der Waals surface area contributed by atoms with Crippen LogP contribution < -0.4 is 5.32 Å². The number of thiazole rings is 1. The van der Waals surface area contributed by atoms with E-state index in [2.05, 4.69) is 10.3 Å². The van der Waals surface area contributed by atoms with E-state index in [1.54, 1.807) is 16.2 Å². The van der Waals surface area contributed by atoms with Crippen LogP contribution in [0.1, 0.15) is 37.1 Å². The zero-order chi connectivity index (χ0) is 12.8. The molecule has 1 aliphatic carbocycles. The third kappa shape index (κ3) is 3.98. The maximum Gasteiger partial charge on any atom is 0.317 e. The average Bonchev–Trinajstić information content (AvgIpc) is 2.90. The molecule has 2 amide bonds. The maximum atomic E-state index is 12.0. The monoisotopic (exact) mass is 267 g/mol. The molecule has 2 rings (SSSR count).